The minimum Gasteiger partial charge on any atom is -0.350 e. The van der Waals surface area contributed by atoms with Gasteiger partial charge < -0.3 is 5.32 Å². The number of carbonyl (C=O) groups excluding carboxylic acids is 1. The molecular weight excluding hydrogens is 194 g/mol. The van der Waals surface area contributed by atoms with E-state index < -0.39 is 0 Å². The van der Waals surface area contributed by atoms with Gasteiger partial charge in [-0.15, -0.1) is 11.3 Å². The van der Waals surface area contributed by atoms with Gasteiger partial charge in [0.15, 0.2) is 0 Å². The van der Waals surface area contributed by atoms with Crippen molar-refractivity contribution in [3.63, 3.8) is 0 Å². The summed E-state index contributed by atoms with van der Waals surface area (Å²) in [5, 5.41) is 2.97. The molecule has 0 aromatic carbocycles. The fourth-order valence-corrected chi connectivity index (χ4v) is 2.52. The van der Waals surface area contributed by atoms with Crippen LogP contribution >= 0.6 is 11.3 Å². The van der Waals surface area contributed by atoms with Crippen LogP contribution in [0.25, 0.3) is 0 Å². The molecule has 0 saturated heterocycles. The third kappa shape index (κ3) is 2.58. The standard InChI is InChI=1S/C11H17NOS/c1-5-11(13)12-8(3)10-6-7(2)14-9(10)4/h6,8H,5H2,1-4H3,(H,12,13). The first-order valence-electron chi connectivity index (χ1n) is 4.91. The molecule has 1 atom stereocenters. The SMILES string of the molecule is CCC(=O)NC(C)c1cc(C)sc1C. The maximum absolute atomic E-state index is 11.2. The summed E-state index contributed by atoms with van der Waals surface area (Å²) in [5.74, 6) is 0.112. The summed E-state index contributed by atoms with van der Waals surface area (Å²) in [6, 6.07) is 2.29. The first kappa shape index (κ1) is 11.2. The Hall–Kier alpha value is -0.830. The van der Waals surface area contributed by atoms with Gasteiger partial charge in [-0.1, -0.05) is 6.92 Å². The molecule has 0 fully saturated rings. The van der Waals surface area contributed by atoms with Gasteiger partial charge in [0.2, 0.25) is 5.91 Å². The Morgan fingerprint density at radius 3 is 2.64 bits per heavy atom. The van der Waals surface area contributed by atoms with E-state index in [9.17, 15) is 4.79 Å². The molecule has 1 heterocycles. The highest BCUT2D eigenvalue weighted by Crippen LogP contribution is 2.25. The Balaban J connectivity index is 2.73. The maximum Gasteiger partial charge on any atom is 0.220 e. The van der Waals surface area contributed by atoms with Gasteiger partial charge in [-0.25, -0.2) is 0 Å². The van der Waals surface area contributed by atoms with Gasteiger partial charge in [0.25, 0.3) is 0 Å². The second kappa shape index (κ2) is 4.60. The van der Waals surface area contributed by atoms with Crippen LogP contribution in [-0.4, -0.2) is 5.91 Å². The summed E-state index contributed by atoms with van der Waals surface area (Å²) in [6.07, 6.45) is 0.548. The van der Waals surface area contributed by atoms with Gasteiger partial charge >= 0.3 is 0 Å². The Morgan fingerprint density at radius 1 is 1.57 bits per heavy atom. The summed E-state index contributed by atoms with van der Waals surface area (Å²) in [5.41, 5.74) is 1.24. The smallest absolute Gasteiger partial charge is 0.220 e. The molecule has 14 heavy (non-hydrogen) atoms. The van der Waals surface area contributed by atoms with Crippen LogP contribution in [0.4, 0.5) is 0 Å². The molecule has 0 aliphatic rings. The molecule has 0 spiro atoms. The largest absolute Gasteiger partial charge is 0.350 e. The minimum atomic E-state index is 0.112. The van der Waals surface area contributed by atoms with Crippen LogP contribution in [0.2, 0.25) is 0 Å². The van der Waals surface area contributed by atoms with E-state index in [1.807, 2.05) is 13.8 Å². The maximum atomic E-state index is 11.2. The second-order valence-electron chi connectivity index (χ2n) is 3.51. The van der Waals surface area contributed by atoms with E-state index in [1.165, 1.54) is 15.3 Å². The Bertz CT molecular complexity index is 330. The van der Waals surface area contributed by atoms with E-state index in [4.69, 9.17) is 0 Å². The highest BCUT2D eigenvalue weighted by molar-refractivity contribution is 7.12. The molecule has 1 aromatic heterocycles. The molecule has 1 amide bonds. The zero-order valence-electron chi connectivity index (χ0n) is 9.18. The van der Waals surface area contributed by atoms with Crippen molar-refractivity contribution in [3.8, 4) is 0 Å². The molecule has 1 rings (SSSR count). The summed E-state index contributed by atoms with van der Waals surface area (Å²) in [6.45, 7) is 8.09. The molecule has 1 unspecified atom stereocenters. The molecule has 1 aromatic rings. The minimum absolute atomic E-state index is 0.112. The lowest BCUT2D eigenvalue weighted by Gasteiger charge is -2.12. The third-order valence-electron chi connectivity index (χ3n) is 2.24. The van der Waals surface area contributed by atoms with Crippen molar-refractivity contribution in [2.24, 2.45) is 0 Å². The molecule has 0 bridgehead atoms. The highest BCUT2D eigenvalue weighted by Gasteiger charge is 2.12. The number of amides is 1. The Kier molecular flexibility index (Phi) is 3.69. The normalized spacial score (nSPS) is 12.6. The van der Waals surface area contributed by atoms with E-state index in [0.717, 1.165) is 0 Å². The predicted octanol–water partition coefficient (Wildman–Crippen LogP) is 2.95. The van der Waals surface area contributed by atoms with Crippen molar-refractivity contribution >= 4 is 17.2 Å². The third-order valence-corrected chi connectivity index (χ3v) is 3.23. The van der Waals surface area contributed by atoms with Gasteiger partial charge in [-0.05, 0) is 32.4 Å². The number of hydrogen-bond acceptors (Lipinski definition) is 2. The summed E-state index contributed by atoms with van der Waals surface area (Å²) in [4.78, 5) is 13.8. The lowest BCUT2D eigenvalue weighted by Crippen LogP contribution is -2.25. The predicted molar refractivity (Wildman–Crippen MR) is 60.6 cm³/mol. The lowest BCUT2D eigenvalue weighted by molar-refractivity contribution is -0.121. The van der Waals surface area contributed by atoms with E-state index in [1.54, 1.807) is 11.3 Å². The van der Waals surface area contributed by atoms with Gasteiger partial charge in [0.1, 0.15) is 0 Å². The van der Waals surface area contributed by atoms with Crippen molar-refractivity contribution in [3.05, 3.63) is 21.4 Å². The number of rotatable bonds is 3. The Morgan fingerprint density at radius 2 is 2.21 bits per heavy atom. The van der Waals surface area contributed by atoms with Crippen LogP contribution in [-0.2, 0) is 4.79 Å². The van der Waals surface area contributed by atoms with Crippen LogP contribution in [0.15, 0.2) is 6.07 Å². The van der Waals surface area contributed by atoms with Gasteiger partial charge in [-0.3, -0.25) is 4.79 Å². The molecule has 2 nitrogen and oxygen atoms in total. The Labute approximate surface area is 89.3 Å². The molecule has 0 radical (unpaired) electrons. The molecule has 3 heteroatoms. The monoisotopic (exact) mass is 211 g/mol. The summed E-state index contributed by atoms with van der Waals surface area (Å²) >= 11 is 1.78. The number of thiophene rings is 1. The van der Waals surface area contributed by atoms with Crippen molar-refractivity contribution in [2.45, 2.75) is 40.2 Å². The number of carbonyl (C=O) groups is 1. The number of hydrogen-bond donors (Lipinski definition) is 1. The van der Waals surface area contributed by atoms with E-state index in [-0.39, 0.29) is 11.9 Å². The zero-order valence-corrected chi connectivity index (χ0v) is 9.99. The highest BCUT2D eigenvalue weighted by atomic mass is 32.1. The van der Waals surface area contributed by atoms with Gasteiger partial charge in [-0.2, -0.15) is 0 Å². The summed E-state index contributed by atoms with van der Waals surface area (Å²) < 4.78 is 0. The van der Waals surface area contributed by atoms with Gasteiger partial charge in [0.05, 0.1) is 6.04 Å². The van der Waals surface area contributed by atoms with Crippen LogP contribution in [0.1, 0.15) is 41.6 Å². The molecule has 0 aliphatic carbocycles. The van der Waals surface area contributed by atoms with Crippen molar-refractivity contribution < 1.29 is 4.79 Å². The molecule has 0 saturated carbocycles. The van der Waals surface area contributed by atoms with Gasteiger partial charge in [0, 0.05) is 16.2 Å². The summed E-state index contributed by atoms with van der Waals surface area (Å²) in [7, 11) is 0. The van der Waals surface area contributed by atoms with E-state index in [2.05, 4.69) is 25.2 Å². The van der Waals surface area contributed by atoms with Crippen molar-refractivity contribution in [1.82, 2.24) is 5.32 Å². The average molecular weight is 211 g/mol. The zero-order chi connectivity index (χ0) is 10.7. The molecular formula is C11H17NOS. The van der Waals surface area contributed by atoms with Crippen LogP contribution in [0.5, 0.6) is 0 Å². The van der Waals surface area contributed by atoms with Crippen molar-refractivity contribution in [1.29, 1.82) is 0 Å². The fourth-order valence-electron chi connectivity index (χ4n) is 1.50. The quantitative estimate of drug-likeness (QED) is 0.818. The fraction of sp³-hybridized carbons (Fsp3) is 0.545. The van der Waals surface area contributed by atoms with Crippen LogP contribution in [0.3, 0.4) is 0 Å². The van der Waals surface area contributed by atoms with E-state index >= 15 is 0 Å². The number of nitrogens with one attached hydrogen (secondary N) is 1. The molecule has 78 valence electrons. The molecule has 1 N–H and O–H groups in total. The van der Waals surface area contributed by atoms with Crippen molar-refractivity contribution in [2.75, 3.05) is 0 Å². The lowest BCUT2D eigenvalue weighted by atomic mass is 10.1. The first-order chi connectivity index (χ1) is 6.54. The van der Waals surface area contributed by atoms with Crippen LogP contribution in [0, 0.1) is 13.8 Å². The topological polar surface area (TPSA) is 29.1 Å². The first-order valence-corrected chi connectivity index (χ1v) is 5.72. The molecule has 0 aliphatic heterocycles. The number of aryl methyl sites for hydroxylation is 2. The van der Waals surface area contributed by atoms with E-state index in [0.29, 0.717) is 6.42 Å². The average Bonchev–Trinajstić information content (AvgIpc) is 2.45. The van der Waals surface area contributed by atoms with Crippen LogP contribution < -0.4 is 5.32 Å². The second-order valence-corrected chi connectivity index (χ2v) is 4.97.